The molecule has 0 aliphatic carbocycles. The normalized spacial score (nSPS) is 23.1. The van der Waals surface area contributed by atoms with E-state index in [1.165, 1.54) is 121 Å². The first-order valence-corrected chi connectivity index (χ1v) is 34.6. The van der Waals surface area contributed by atoms with E-state index in [9.17, 15) is 62.9 Å². The van der Waals surface area contributed by atoms with E-state index in [0.29, 0.717) is 76.4 Å². The SMILES string of the molecule is C[C@@]12CCCN1C(=O)[C@H](Cc1ccc(O)cc1)NC(=O)[C@H](Cc1cnc[nH]1)CC(=O)[C@H](CC(=O)O)NC(=O)[C@H](Cc1c[nH]c3ccc(F)cc13)NC(=O)[C@H](Cc1ccc(O)cc1)CC(=O)CNC(=O)[C@H](CCCCN)NC(=O)CCSCc1cccc(c1)CSC[C@@H](C(N)=O)NC2=O. The molecule has 8 rings (SSSR count). The maximum absolute atomic E-state index is 15.2. The summed E-state index contributed by atoms with van der Waals surface area (Å²) >= 11 is 2.82. The van der Waals surface area contributed by atoms with Crippen molar-refractivity contribution in [2.75, 3.05) is 31.1 Å². The fraction of sp³-hybridized carbons (Fsp3) is 0.420. The van der Waals surface area contributed by atoms with E-state index in [0.717, 1.165) is 11.1 Å². The number of unbranched alkanes of at least 4 members (excludes halogenated alkanes) is 1. The van der Waals surface area contributed by atoms with Gasteiger partial charge in [-0.25, -0.2) is 9.37 Å². The quantitative estimate of drug-likeness (QED) is 0.0655. The van der Waals surface area contributed by atoms with Crippen LogP contribution in [0, 0.1) is 17.7 Å². The molecule has 2 aliphatic heterocycles. The van der Waals surface area contributed by atoms with E-state index in [1.807, 2.05) is 24.3 Å². The van der Waals surface area contributed by atoms with Crippen molar-refractivity contribution in [1.82, 2.24) is 51.8 Å². The summed E-state index contributed by atoms with van der Waals surface area (Å²) in [5.41, 5.74) is 13.9. The molecule has 6 aromatic rings. The molecule has 0 radical (unpaired) electrons. The molecule has 98 heavy (non-hydrogen) atoms. The zero-order valence-corrected chi connectivity index (χ0v) is 55.8. The Labute approximate surface area is 573 Å². The molecule has 2 aromatic heterocycles. The number of carboxylic acid groups (broad SMARTS) is 1. The van der Waals surface area contributed by atoms with Crippen LogP contribution in [0.2, 0.25) is 0 Å². The number of ketones is 2. The van der Waals surface area contributed by atoms with Gasteiger partial charge in [0.05, 0.1) is 31.3 Å². The lowest BCUT2D eigenvalue weighted by Crippen LogP contribution is -2.62. The predicted molar refractivity (Wildman–Crippen MR) is 364 cm³/mol. The number of Topliss-reactive ketones (excluding diaryl/α,β-unsaturated/α-hetero) is 2. The molecular formula is C69H83FN12O14S2. The van der Waals surface area contributed by atoms with Crippen molar-refractivity contribution in [2.45, 2.75) is 138 Å². The number of hydrogen-bond donors (Lipinski definition) is 13. The monoisotopic (exact) mass is 1390 g/mol. The van der Waals surface area contributed by atoms with Gasteiger partial charge in [0.15, 0.2) is 11.6 Å². The van der Waals surface area contributed by atoms with Gasteiger partial charge < -0.3 is 73.6 Å². The highest BCUT2D eigenvalue weighted by Gasteiger charge is 2.48. The van der Waals surface area contributed by atoms with Crippen molar-refractivity contribution >= 4 is 99.2 Å². The zero-order chi connectivity index (χ0) is 70.5. The highest BCUT2D eigenvalue weighted by molar-refractivity contribution is 7.98. The van der Waals surface area contributed by atoms with Crippen molar-refractivity contribution in [3.63, 3.8) is 0 Å². The third-order valence-electron chi connectivity index (χ3n) is 17.4. The number of phenolic OH excluding ortho intramolecular Hbond substituents is 2. The van der Waals surface area contributed by atoms with Crippen LogP contribution in [0.4, 0.5) is 4.39 Å². The Kier molecular flexibility index (Phi) is 26.9. The molecule has 26 nitrogen and oxygen atoms in total. The summed E-state index contributed by atoms with van der Waals surface area (Å²) in [4.78, 5) is 168. The standard InChI is InChI=1S/C69H83FN12O14S2/c1-69-20-5-22-82(69)67(95)57(26-41-11-16-50(84)17-12-41)80-64(92)45(27-48-34-73-39-76-48)30-59(86)55(32-61(88)89)78-66(94)56(29-46-33-74-53-18-13-47(70)31-52(46)53)79-63(91)44(25-40-9-14-49(83)15-10-40)28-51(85)35-75-65(93)54(8-2-3-21-71)77-60(87)19-23-97-36-42-6-4-7-43(24-42)37-98-38-58(62(72)90)81-68(69)96/h4,6-7,9-18,24,31,33-34,39,44-45,54-58,74,83-84H,2-3,5,8,19-23,25-30,32,35-38,71H2,1H3,(H2,72,90)(H,73,76)(H,75,93)(H,77,87)(H,78,94)(H,79,91)(H,80,92)(H,81,96)(H,88,89)/t44-,45-,54+,55+,56+,57+,58+,69+/m1/s1. The number of halogens is 1. The van der Waals surface area contributed by atoms with Gasteiger partial charge in [-0.05, 0) is 122 Å². The summed E-state index contributed by atoms with van der Waals surface area (Å²) in [7, 11) is 0. The highest BCUT2D eigenvalue weighted by Crippen LogP contribution is 2.32. The van der Waals surface area contributed by atoms with Crippen molar-refractivity contribution in [2.24, 2.45) is 23.3 Å². The van der Waals surface area contributed by atoms with Crippen LogP contribution < -0.4 is 43.4 Å². The maximum Gasteiger partial charge on any atom is 0.305 e. The molecule has 4 aromatic carbocycles. The Balaban J connectivity index is 1.13. The summed E-state index contributed by atoms with van der Waals surface area (Å²) in [5, 5.41) is 47.2. The number of aliphatic carboxylic acids is 1. The lowest BCUT2D eigenvalue weighted by Gasteiger charge is -2.37. The number of thioether (sulfide) groups is 2. The fourth-order valence-electron chi connectivity index (χ4n) is 12.0. The van der Waals surface area contributed by atoms with Gasteiger partial charge in [0, 0.05) is 103 Å². The number of carboxylic acids is 1. The highest BCUT2D eigenvalue weighted by atomic mass is 32.2. The Morgan fingerprint density at radius 3 is 2.04 bits per heavy atom. The molecular weight excluding hydrogens is 1300 g/mol. The average molecular weight is 1390 g/mol. The third-order valence-corrected chi connectivity index (χ3v) is 19.5. The molecule has 8 atom stereocenters. The van der Waals surface area contributed by atoms with Gasteiger partial charge in [0.2, 0.25) is 47.3 Å². The van der Waals surface area contributed by atoms with E-state index in [-0.39, 0.29) is 62.3 Å². The molecule has 2 aliphatic rings. The van der Waals surface area contributed by atoms with Crippen LogP contribution in [0.1, 0.15) is 98.2 Å². The number of carbonyl (C=O) groups excluding carboxylic acids is 10. The number of amides is 8. The number of imidazole rings is 1. The van der Waals surface area contributed by atoms with Crippen molar-refractivity contribution in [1.29, 1.82) is 0 Å². The largest absolute Gasteiger partial charge is 0.508 e. The van der Waals surface area contributed by atoms with Gasteiger partial charge in [-0.3, -0.25) is 52.7 Å². The first-order valence-electron chi connectivity index (χ1n) is 32.3. The summed E-state index contributed by atoms with van der Waals surface area (Å²) in [6.45, 7) is 1.31. The number of nitrogens with two attached hydrogens (primary N) is 2. The van der Waals surface area contributed by atoms with Crippen LogP contribution in [-0.4, -0.2) is 167 Å². The van der Waals surface area contributed by atoms with E-state index in [1.54, 1.807) is 0 Å². The van der Waals surface area contributed by atoms with Gasteiger partial charge in [-0.15, -0.1) is 0 Å². The van der Waals surface area contributed by atoms with Crippen molar-refractivity contribution < 1.29 is 72.4 Å². The Morgan fingerprint density at radius 2 is 1.38 bits per heavy atom. The molecule has 8 amide bonds. The molecule has 0 unspecified atom stereocenters. The minimum absolute atomic E-state index is 0.0376. The fourth-order valence-corrected chi connectivity index (χ4v) is 13.9. The first kappa shape index (κ1) is 74.2. The Bertz CT molecular complexity index is 3820. The van der Waals surface area contributed by atoms with Gasteiger partial charge >= 0.3 is 5.97 Å². The second-order valence-corrected chi connectivity index (χ2v) is 27.0. The van der Waals surface area contributed by atoms with Crippen LogP contribution >= 0.6 is 23.5 Å². The molecule has 0 spiro atoms. The number of nitrogens with one attached hydrogen (secondary N) is 8. The van der Waals surface area contributed by atoms with E-state index in [4.69, 9.17) is 11.5 Å². The zero-order valence-electron chi connectivity index (χ0n) is 54.2. The second-order valence-electron chi connectivity index (χ2n) is 24.9. The first-order chi connectivity index (χ1) is 46.9. The van der Waals surface area contributed by atoms with Gasteiger partial charge in [-0.2, -0.15) is 23.5 Å². The van der Waals surface area contributed by atoms with Crippen LogP contribution in [0.15, 0.2) is 110 Å². The molecule has 15 N–H and O–H groups in total. The number of aromatic hydroxyl groups is 2. The van der Waals surface area contributed by atoms with E-state index >= 15 is 9.59 Å². The lowest BCUT2D eigenvalue weighted by atomic mass is 9.91. The topological polar surface area (TPSA) is 420 Å². The van der Waals surface area contributed by atoms with Crippen molar-refractivity contribution in [3.05, 3.63) is 149 Å². The Hall–Kier alpha value is -9.61. The maximum atomic E-state index is 15.2. The number of carbonyl (C=O) groups is 11. The number of hydrogen-bond acceptors (Lipinski definition) is 17. The molecule has 29 heteroatoms. The van der Waals surface area contributed by atoms with Crippen LogP contribution in [0.3, 0.4) is 0 Å². The number of rotatable bonds is 15. The minimum atomic E-state index is -1.90. The minimum Gasteiger partial charge on any atom is -0.508 e. The summed E-state index contributed by atoms with van der Waals surface area (Å²) in [5.74, 6) is -11.6. The molecule has 1 saturated heterocycles. The number of aromatic amines is 2. The molecule has 2 bridgehead atoms. The van der Waals surface area contributed by atoms with Gasteiger partial charge in [-0.1, -0.05) is 48.5 Å². The van der Waals surface area contributed by atoms with Crippen LogP contribution in [0.5, 0.6) is 11.5 Å². The molecule has 4 heterocycles. The predicted octanol–water partition coefficient (Wildman–Crippen LogP) is 3.44. The second kappa shape index (κ2) is 35.6. The smallest absolute Gasteiger partial charge is 0.305 e. The summed E-state index contributed by atoms with van der Waals surface area (Å²) in [6, 6.07) is 15.8. The molecule has 0 saturated carbocycles. The number of nitrogens with zero attached hydrogens (tertiary/aromatic N) is 2. The number of primary amides is 1. The van der Waals surface area contributed by atoms with Crippen LogP contribution in [-0.2, 0) is 89.9 Å². The summed E-state index contributed by atoms with van der Waals surface area (Å²) < 4.78 is 14.9. The average Bonchev–Trinajstić information content (AvgIpc) is 1.66. The number of H-pyrrole nitrogens is 2. The number of benzene rings is 4. The number of fused-ring (bicyclic) bond motifs is 4. The van der Waals surface area contributed by atoms with Gasteiger partial charge in [0.25, 0.3) is 0 Å². The number of phenols is 2. The Morgan fingerprint density at radius 1 is 0.714 bits per heavy atom. The van der Waals surface area contributed by atoms with Crippen LogP contribution in [0.25, 0.3) is 10.9 Å². The lowest BCUT2D eigenvalue weighted by molar-refractivity contribution is -0.147. The van der Waals surface area contributed by atoms with Gasteiger partial charge in [0.1, 0.15) is 47.0 Å². The molecule has 522 valence electrons. The molecule has 1 fully saturated rings. The van der Waals surface area contributed by atoms with E-state index in [2.05, 4.69) is 46.9 Å². The number of aromatic nitrogens is 3. The van der Waals surface area contributed by atoms with Crippen molar-refractivity contribution in [3.8, 4) is 11.5 Å². The third kappa shape index (κ3) is 21.4. The summed E-state index contributed by atoms with van der Waals surface area (Å²) in [6.07, 6.45) is 2.51. The van der Waals surface area contributed by atoms with E-state index < -0.39 is 150 Å².